The van der Waals surface area contributed by atoms with Gasteiger partial charge in [0.05, 0.1) is 10.7 Å². The molecule has 0 aromatic carbocycles. The number of hydrogen-bond acceptors (Lipinski definition) is 2. The van der Waals surface area contributed by atoms with E-state index < -0.39 is 0 Å². The van der Waals surface area contributed by atoms with Gasteiger partial charge in [-0.25, -0.2) is 0 Å². The third-order valence-corrected chi connectivity index (χ3v) is 4.78. The molecule has 0 unspecified atom stereocenters. The summed E-state index contributed by atoms with van der Waals surface area (Å²) in [6.45, 7) is 4.54. The van der Waals surface area contributed by atoms with Gasteiger partial charge in [0, 0.05) is 36.7 Å². The van der Waals surface area contributed by atoms with Crippen LogP contribution in [0.4, 0.5) is 0 Å². The number of halogens is 2. The van der Waals surface area contributed by atoms with Gasteiger partial charge < -0.3 is 4.74 Å². The Labute approximate surface area is 109 Å². The van der Waals surface area contributed by atoms with Crippen molar-refractivity contribution in [2.24, 2.45) is 5.41 Å². The fourth-order valence-electron chi connectivity index (χ4n) is 2.06. The van der Waals surface area contributed by atoms with Gasteiger partial charge in [0.2, 0.25) is 0 Å². The Kier molecular flexibility index (Phi) is 3.93. The lowest BCUT2D eigenvalue weighted by molar-refractivity contribution is 0.0169. The van der Waals surface area contributed by atoms with Crippen molar-refractivity contribution >= 4 is 27.5 Å². The third-order valence-electron chi connectivity index (χ3n) is 3.22. The number of nitrogens with zero attached hydrogens (tertiary/aromatic N) is 2. The van der Waals surface area contributed by atoms with Crippen LogP contribution in [0.5, 0.6) is 0 Å². The summed E-state index contributed by atoms with van der Waals surface area (Å²) in [6.07, 6.45) is 4.07. The van der Waals surface area contributed by atoms with Gasteiger partial charge in [-0.2, -0.15) is 5.10 Å². The Hall–Kier alpha value is -0.0600. The second-order valence-electron chi connectivity index (χ2n) is 4.51. The van der Waals surface area contributed by atoms with E-state index in [4.69, 9.17) is 16.3 Å². The van der Waals surface area contributed by atoms with Gasteiger partial charge >= 0.3 is 0 Å². The number of rotatable bonds is 3. The topological polar surface area (TPSA) is 27.1 Å². The molecule has 2 rings (SSSR count). The van der Waals surface area contributed by atoms with Crippen molar-refractivity contribution in [3.05, 3.63) is 16.9 Å². The fourth-order valence-corrected chi connectivity index (χ4v) is 2.95. The predicted octanol–water partition coefficient (Wildman–Crippen LogP) is 3.04. The predicted molar refractivity (Wildman–Crippen MR) is 68.3 cm³/mol. The number of ether oxygens (including phenoxy) is 1. The summed E-state index contributed by atoms with van der Waals surface area (Å²) in [5.41, 5.74) is 1.17. The molecule has 1 aliphatic rings. The first-order valence-corrected chi connectivity index (χ1v) is 6.98. The summed E-state index contributed by atoms with van der Waals surface area (Å²) in [5.74, 6) is 0. The normalized spacial score (nSPS) is 19.9. The van der Waals surface area contributed by atoms with Crippen molar-refractivity contribution in [2.45, 2.75) is 26.3 Å². The maximum Gasteiger partial charge on any atom is 0.0814 e. The van der Waals surface area contributed by atoms with Crippen LogP contribution in [0.25, 0.3) is 0 Å². The van der Waals surface area contributed by atoms with Crippen LogP contribution in [0.2, 0.25) is 5.02 Å². The van der Waals surface area contributed by atoms with E-state index in [0.717, 1.165) is 48.6 Å². The minimum atomic E-state index is 0.264. The summed E-state index contributed by atoms with van der Waals surface area (Å²) < 4.78 is 7.38. The fraction of sp³-hybridized carbons (Fsp3) is 0.727. The van der Waals surface area contributed by atoms with E-state index in [0.29, 0.717) is 0 Å². The van der Waals surface area contributed by atoms with Crippen LogP contribution in [0, 0.1) is 12.3 Å². The SMILES string of the molecule is Cc1nn(CC2(CBr)CCOCC2)cc1Cl. The van der Waals surface area contributed by atoms with Crippen molar-refractivity contribution < 1.29 is 4.74 Å². The van der Waals surface area contributed by atoms with E-state index in [9.17, 15) is 0 Å². The zero-order chi connectivity index (χ0) is 11.6. The molecule has 0 bridgehead atoms. The van der Waals surface area contributed by atoms with Crippen molar-refractivity contribution in [2.75, 3.05) is 18.5 Å². The molecule has 1 aromatic heterocycles. The minimum Gasteiger partial charge on any atom is -0.381 e. The number of aryl methyl sites for hydroxylation is 1. The van der Waals surface area contributed by atoms with Crippen molar-refractivity contribution in [1.29, 1.82) is 0 Å². The molecule has 1 fully saturated rings. The van der Waals surface area contributed by atoms with Crippen LogP contribution in [0.1, 0.15) is 18.5 Å². The zero-order valence-corrected chi connectivity index (χ0v) is 11.7. The molecule has 1 aliphatic heterocycles. The van der Waals surface area contributed by atoms with Crippen LogP contribution in [0.3, 0.4) is 0 Å². The molecule has 1 aromatic rings. The molecule has 0 N–H and O–H groups in total. The lowest BCUT2D eigenvalue weighted by atomic mass is 9.82. The smallest absolute Gasteiger partial charge is 0.0814 e. The molecule has 16 heavy (non-hydrogen) atoms. The van der Waals surface area contributed by atoms with Crippen LogP contribution in [-0.2, 0) is 11.3 Å². The number of hydrogen-bond donors (Lipinski definition) is 0. The highest BCUT2D eigenvalue weighted by molar-refractivity contribution is 9.09. The maximum atomic E-state index is 6.02. The Balaban J connectivity index is 2.11. The summed E-state index contributed by atoms with van der Waals surface area (Å²) in [7, 11) is 0. The van der Waals surface area contributed by atoms with Gasteiger partial charge in [-0.05, 0) is 19.8 Å². The highest BCUT2D eigenvalue weighted by Gasteiger charge is 2.32. The Bertz CT molecular complexity index is 341. The molecule has 0 amide bonds. The lowest BCUT2D eigenvalue weighted by Gasteiger charge is -2.35. The van der Waals surface area contributed by atoms with E-state index in [1.165, 1.54) is 0 Å². The average Bonchev–Trinajstić information content (AvgIpc) is 2.59. The van der Waals surface area contributed by atoms with Crippen LogP contribution in [-0.4, -0.2) is 28.3 Å². The molecule has 2 heterocycles. The first kappa shape index (κ1) is 12.4. The largest absolute Gasteiger partial charge is 0.381 e. The van der Waals surface area contributed by atoms with Gasteiger partial charge in [0.1, 0.15) is 0 Å². The van der Waals surface area contributed by atoms with Gasteiger partial charge in [0.15, 0.2) is 0 Å². The monoisotopic (exact) mass is 306 g/mol. The second-order valence-corrected chi connectivity index (χ2v) is 5.47. The van der Waals surface area contributed by atoms with E-state index in [1.54, 1.807) is 0 Å². The quantitative estimate of drug-likeness (QED) is 0.803. The van der Waals surface area contributed by atoms with Crippen LogP contribution < -0.4 is 0 Å². The second kappa shape index (κ2) is 5.07. The minimum absolute atomic E-state index is 0.264. The van der Waals surface area contributed by atoms with E-state index in [2.05, 4.69) is 21.0 Å². The average molecular weight is 308 g/mol. The van der Waals surface area contributed by atoms with E-state index >= 15 is 0 Å². The number of alkyl halides is 1. The van der Waals surface area contributed by atoms with Gasteiger partial charge in [-0.15, -0.1) is 0 Å². The van der Waals surface area contributed by atoms with E-state index in [1.807, 2.05) is 17.8 Å². The highest BCUT2D eigenvalue weighted by Crippen LogP contribution is 2.34. The molecular formula is C11H16BrClN2O. The molecule has 3 nitrogen and oxygen atoms in total. The molecule has 0 atom stereocenters. The number of aromatic nitrogens is 2. The Morgan fingerprint density at radius 1 is 1.56 bits per heavy atom. The molecule has 1 saturated heterocycles. The van der Waals surface area contributed by atoms with Gasteiger partial charge in [-0.3, -0.25) is 4.68 Å². The molecule has 5 heteroatoms. The van der Waals surface area contributed by atoms with Crippen LogP contribution in [0.15, 0.2) is 6.20 Å². The Morgan fingerprint density at radius 2 is 2.25 bits per heavy atom. The molecule has 0 spiro atoms. The Morgan fingerprint density at radius 3 is 2.75 bits per heavy atom. The summed E-state index contributed by atoms with van der Waals surface area (Å²) >= 11 is 9.64. The standard InChI is InChI=1S/C11H16BrClN2O/c1-9-10(13)6-15(14-9)8-11(7-12)2-4-16-5-3-11/h6H,2-5,7-8H2,1H3. The molecule has 0 saturated carbocycles. The van der Waals surface area contributed by atoms with E-state index in [-0.39, 0.29) is 5.41 Å². The van der Waals surface area contributed by atoms with Crippen molar-refractivity contribution in [3.8, 4) is 0 Å². The summed E-state index contributed by atoms with van der Waals surface area (Å²) in [5, 5.41) is 6.15. The maximum absolute atomic E-state index is 6.02. The van der Waals surface area contributed by atoms with Crippen molar-refractivity contribution in [1.82, 2.24) is 9.78 Å². The highest BCUT2D eigenvalue weighted by atomic mass is 79.9. The molecule has 0 aliphatic carbocycles. The van der Waals surface area contributed by atoms with Gasteiger partial charge in [-0.1, -0.05) is 27.5 Å². The summed E-state index contributed by atoms with van der Waals surface area (Å²) in [6, 6.07) is 0. The van der Waals surface area contributed by atoms with Crippen molar-refractivity contribution in [3.63, 3.8) is 0 Å². The van der Waals surface area contributed by atoms with Gasteiger partial charge in [0.25, 0.3) is 0 Å². The van der Waals surface area contributed by atoms with Crippen LogP contribution >= 0.6 is 27.5 Å². The molecule has 0 radical (unpaired) electrons. The third kappa shape index (κ3) is 2.60. The zero-order valence-electron chi connectivity index (χ0n) is 9.38. The molecule has 90 valence electrons. The first-order chi connectivity index (χ1) is 7.65. The first-order valence-electron chi connectivity index (χ1n) is 5.48. The molecular weight excluding hydrogens is 291 g/mol. The summed E-state index contributed by atoms with van der Waals surface area (Å²) in [4.78, 5) is 0. The lowest BCUT2D eigenvalue weighted by Crippen LogP contribution is -2.35.